The lowest BCUT2D eigenvalue weighted by molar-refractivity contribution is 0.00699. The summed E-state index contributed by atoms with van der Waals surface area (Å²) in [5.74, 6) is 1.59. The van der Waals surface area contributed by atoms with Gasteiger partial charge in [-0.05, 0) is 61.2 Å². The van der Waals surface area contributed by atoms with Crippen LogP contribution >= 0.6 is 0 Å². The third kappa shape index (κ3) is 5.12. The highest BCUT2D eigenvalue weighted by Gasteiger charge is 2.47. The first kappa shape index (κ1) is 23.2. The zero-order chi connectivity index (χ0) is 19.9. The standard InChI is InChI=1S/C26H51N/c1-7-15-23(25(21(3)4)17-11-9-12-18-25)27-24(16-8-2)26(22(5)6)19-13-10-14-20-26/h21-24,27H,7-20H2,1-6H3. The SMILES string of the molecule is CCCC(NC(CCC)C1(C(C)C)CCCCC1)C1(C(C)C)CCCCC1. The Morgan fingerprint density at radius 2 is 0.926 bits per heavy atom. The molecule has 2 aliphatic rings. The minimum absolute atomic E-state index is 0.535. The molecule has 0 spiro atoms. The van der Waals surface area contributed by atoms with Crippen LogP contribution in [0, 0.1) is 22.7 Å². The summed E-state index contributed by atoms with van der Waals surface area (Å²) in [6.45, 7) is 14.9. The molecule has 0 saturated heterocycles. The largest absolute Gasteiger partial charge is 0.310 e. The van der Waals surface area contributed by atoms with Crippen molar-refractivity contribution in [2.75, 3.05) is 0 Å². The fourth-order valence-electron chi connectivity index (χ4n) is 6.97. The Bertz CT molecular complexity index is 360. The predicted molar refractivity (Wildman–Crippen MR) is 121 cm³/mol. The van der Waals surface area contributed by atoms with Gasteiger partial charge in [0.1, 0.15) is 0 Å². The third-order valence-electron chi connectivity index (χ3n) is 8.81. The molecule has 0 aromatic rings. The lowest BCUT2D eigenvalue weighted by Crippen LogP contribution is -2.58. The number of nitrogens with one attached hydrogen (secondary N) is 1. The van der Waals surface area contributed by atoms with E-state index >= 15 is 0 Å². The van der Waals surface area contributed by atoms with Crippen molar-refractivity contribution in [1.82, 2.24) is 5.32 Å². The van der Waals surface area contributed by atoms with Gasteiger partial charge in [-0.1, -0.05) is 92.9 Å². The van der Waals surface area contributed by atoms with Crippen molar-refractivity contribution in [3.05, 3.63) is 0 Å². The van der Waals surface area contributed by atoms with E-state index in [1.165, 1.54) is 89.9 Å². The van der Waals surface area contributed by atoms with E-state index in [1.54, 1.807) is 0 Å². The average molecular weight is 378 g/mol. The van der Waals surface area contributed by atoms with Crippen molar-refractivity contribution in [1.29, 1.82) is 0 Å². The van der Waals surface area contributed by atoms with E-state index in [9.17, 15) is 0 Å². The number of hydrogen-bond acceptors (Lipinski definition) is 1. The zero-order valence-electron chi connectivity index (χ0n) is 19.7. The molecule has 0 heterocycles. The van der Waals surface area contributed by atoms with Gasteiger partial charge in [0.05, 0.1) is 0 Å². The van der Waals surface area contributed by atoms with Gasteiger partial charge in [0, 0.05) is 12.1 Å². The van der Waals surface area contributed by atoms with Crippen molar-refractivity contribution >= 4 is 0 Å². The summed E-state index contributed by atoms with van der Waals surface area (Å²) < 4.78 is 0. The molecule has 0 aromatic heterocycles. The number of hydrogen-bond donors (Lipinski definition) is 1. The first-order valence-electron chi connectivity index (χ1n) is 12.7. The van der Waals surface area contributed by atoms with Gasteiger partial charge < -0.3 is 5.32 Å². The molecule has 0 amide bonds. The summed E-state index contributed by atoms with van der Waals surface area (Å²) in [6, 6.07) is 1.44. The van der Waals surface area contributed by atoms with E-state index in [4.69, 9.17) is 0 Å². The molecule has 2 saturated carbocycles. The summed E-state index contributed by atoms with van der Waals surface area (Å²) in [6.07, 6.45) is 19.9. The second kappa shape index (κ2) is 10.7. The minimum atomic E-state index is 0.535. The highest BCUT2D eigenvalue weighted by molar-refractivity contribution is 5.01. The van der Waals surface area contributed by atoms with Crippen LogP contribution in [0.2, 0.25) is 0 Å². The van der Waals surface area contributed by atoms with Crippen LogP contribution in [0.1, 0.15) is 131 Å². The van der Waals surface area contributed by atoms with Gasteiger partial charge in [-0.15, -0.1) is 0 Å². The molecule has 0 bridgehead atoms. The van der Waals surface area contributed by atoms with Gasteiger partial charge in [-0.3, -0.25) is 0 Å². The molecule has 0 aliphatic heterocycles. The van der Waals surface area contributed by atoms with Gasteiger partial charge in [-0.25, -0.2) is 0 Å². The Kier molecular flexibility index (Phi) is 9.17. The van der Waals surface area contributed by atoms with Crippen LogP contribution in [-0.4, -0.2) is 12.1 Å². The average Bonchev–Trinajstić information content (AvgIpc) is 2.68. The molecule has 1 nitrogen and oxygen atoms in total. The maximum Gasteiger partial charge on any atom is 0.0129 e. The van der Waals surface area contributed by atoms with Crippen LogP contribution in [0.4, 0.5) is 0 Å². The zero-order valence-corrected chi connectivity index (χ0v) is 19.7. The summed E-state index contributed by atoms with van der Waals surface area (Å²) >= 11 is 0. The van der Waals surface area contributed by atoms with E-state index in [2.05, 4.69) is 46.9 Å². The maximum atomic E-state index is 4.44. The summed E-state index contributed by atoms with van der Waals surface area (Å²) in [5, 5.41) is 4.44. The van der Waals surface area contributed by atoms with Crippen molar-refractivity contribution in [2.24, 2.45) is 22.7 Å². The summed E-state index contributed by atoms with van der Waals surface area (Å²) in [5.41, 5.74) is 1.07. The molecular formula is C26H51N. The second-order valence-electron chi connectivity index (χ2n) is 10.7. The quantitative estimate of drug-likeness (QED) is 0.405. The van der Waals surface area contributed by atoms with Gasteiger partial charge in [0.2, 0.25) is 0 Å². The Labute approximate surface area is 171 Å². The van der Waals surface area contributed by atoms with Crippen LogP contribution in [0.25, 0.3) is 0 Å². The van der Waals surface area contributed by atoms with Crippen LogP contribution in [0.15, 0.2) is 0 Å². The molecule has 1 N–H and O–H groups in total. The molecule has 2 atom stereocenters. The molecule has 160 valence electrons. The van der Waals surface area contributed by atoms with E-state index in [1.807, 2.05) is 0 Å². The highest BCUT2D eigenvalue weighted by atomic mass is 15.0. The van der Waals surface area contributed by atoms with Gasteiger partial charge in [-0.2, -0.15) is 0 Å². The fraction of sp³-hybridized carbons (Fsp3) is 1.00. The maximum absolute atomic E-state index is 4.44. The van der Waals surface area contributed by atoms with Crippen molar-refractivity contribution in [3.63, 3.8) is 0 Å². The predicted octanol–water partition coefficient (Wildman–Crippen LogP) is 8.13. The molecule has 27 heavy (non-hydrogen) atoms. The lowest BCUT2D eigenvalue weighted by atomic mass is 9.59. The Morgan fingerprint density at radius 3 is 1.19 bits per heavy atom. The molecule has 2 rings (SSSR count). The van der Waals surface area contributed by atoms with E-state index in [0.717, 1.165) is 23.9 Å². The van der Waals surface area contributed by atoms with Crippen LogP contribution in [0.3, 0.4) is 0 Å². The molecule has 1 heteroatoms. The first-order valence-corrected chi connectivity index (χ1v) is 12.7. The fourth-order valence-corrected chi connectivity index (χ4v) is 6.97. The van der Waals surface area contributed by atoms with E-state index in [-0.39, 0.29) is 0 Å². The Hall–Kier alpha value is -0.0400. The normalized spacial score (nSPS) is 24.9. The van der Waals surface area contributed by atoms with Gasteiger partial charge in [0.25, 0.3) is 0 Å². The van der Waals surface area contributed by atoms with E-state index in [0.29, 0.717) is 10.8 Å². The summed E-state index contributed by atoms with van der Waals surface area (Å²) in [4.78, 5) is 0. The van der Waals surface area contributed by atoms with Crippen molar-refractivity contribution in [3.8, 4) is 0 Å². The molecule has 0 radical (unpaired) electrons. The second-order valence-corrected chi connectivity index (χ2v) is 10.7. The van der Waals surface area contributed by atoms with Crippen molar-refractivity contribution in [2.45, 2.75) is 144 Å². The first-order chi connectivity index (χ1) is 12.9. The molecular weight excluding hydrogens is 326 g/mol. The monoisotopic (exact) mass is 377 g/mol. The molecule has 2 unspecified atom stereocenters. The van der Waals surface area contributed by atoms with Gasteiger partial charge >= 0.3 is 0 Å². The Balaban J connectivity index is 2.31. The number of rotatable bonds is 10. The highest BCUT2D eigenvalue weighted by Crippen LogP contribution is 2.50. The van der Waals surface area contributed by atoms with Crippen LogP contribution in [0.5, 0.6) is 0 Å². The molecule has 0 aromatic carbocycles. The Morgan fingerprint density at radius 1 is 0.593 bits per heavy atom. The smallest absolute Gasteiger partial charge is 0.0129 e. The minimum Gasteiger partial charge on any atom is -0.310 e. The van der Waals surface area contributed by atoms with Crippen LogP contribution < -0.4 is 5.32 Å². The third-order valence-corrected chi connectivity index (χ3v) is 8.81. The summed E-state index contributed by atoms with van der Waals surface area (Å²) in [7, 11) is 0. The van der Waals surface area contributed by atoms with Crippen LogP contribution in [-0.2, 0) is 0 Å². The van der Waals surface area contributed by atoms with Gasteiger partial charge in [0.15, 0.2) is 0 Å². The molecule has 2 fully saturated rings. The lowest BCUT2D eigenvalue weighted by Gasteiger charge is -2.53. The topological polar surface area (TPSA) is 12.0 Å². The van der Waals surface area contributed by atoms with E-state index < -0.39 is 0 Å². The molecule has 2 aliphatic carbocycles. The van der Waals surface area contributed by atoms with Crippen molar-refractivity contribution < 1.29 is 0 Å².